The smallest absolute Gasteiger partial charge is 0.114 e. The Morgan fingerprint density at radius 2 is 1.32 bits per heavy atom. The molecule has 0 aliphatic carbocycles. The number of allylic oxidation sites excluding steroid dienone is 2. The van der Waals surface area contributed by atoms with Crippen molar-refractivity contribution < 1.29 is 24.8 Å². The maximum absolute atomic E-state index is 9.85. The van der Waals surface area contributed by atoms with Gasteiger partial charge in [0.05, 0.1) is 13.2 Å². The molecule has 1 aliphatic rings. The van der Waals surface area contributed by atoms with E-state index in [0.717, 1.165) is 12.8 Å². The van der Waals surface area contributed by atoms with Crippen LogP contribution in [0, 0.1) is 0 Å². The molecule has 0 aromatic carbocycles. The normalized spacial score (nSPS) is 22.5. The number of aliphatic hydroxyl groups is 3. The predicted molar refractivity (Wildman–Crippen MR) is 127 cm³/mol. The molecule has 0 bridgehead atoms. The highest BCUT2D eigenvalue weighted by atomic mass is 16.6. The lowest BCUT2D eigenvalue weighted by Gasteiger charge is -2.24. The van der Waals surface area contributed by atoms with Gasteiger partial charge in [-0.3, -0.25) is 0 Å². The predicted octanol–water partition coefficient (Wildman–Crippen LogP) is 5.30. The number of aliphatic hydroxyl groups excluding tert-OH is 3. The third-order valence-corrected chi connectivity index (χ3v) is 6.22. The SMILES string of the molecule is CCCCCC/C=C/CCCCCCCCCCCCO[C@H](CO)[C@@H]1OC[C@H](O)[C@@H]1O. The first-order valence-electron chi connectivity index (χ1n) is 13.1. The van der Waals surface area contributed by atoms with E-state index in [1.807, 2.05) is 0 Å². The summed E-state index contributed by atoms with van der Waals surface area (Å²) in [5, 5.41) is 28.8. The minimum Gasteiger partial charge on any atom is -0.394 e. The Bertz CT molecular complexity index is 415. The van der Waals surface area contributed by atoms with Crippen LogP contribution in [0.4, 0.5) is 0 Å². The van der Waals surface area contributed by atoms with E-state index in [-0.39, 0.29) is 13.2 Å². The van der Waals surface area contributed by atoms with Crippen LogP contribution in [0.5, 0.6) is 0 Å². The maximum Gasteiger partial charge on any atom is 0.114 e. The van der Waals surface area contributed by atoms with Crippen molar-refractivity contribution in [1.29, 1.82) is 0 Å². The topological polar surface area (TPSA) is 79.2 Å². The summed E-state index contributed by atoms with van der Waals surface area (Å²) >= 11 is 0. The van der Waals surface area contributed by atoms with E-state index < -0.39 is 24.4 Å². The van der Waals surface area contributed by atoms with Crippen LogP contribution >= 0.6 is 0 Å². The quantitative estimate of drug-likeness (QED) is 0.166. The summed E-state index contributed by atoms with van der Waals surface area (Å²) in [6.45, 7) is 2.71. The van der Waals surface area contributed by atoms with Gasteiger partial charge in [-0.2, -0.15) is 0 Å². The Hall–Kier alpha value is -0.460. The zero-order valence-electron chi connectivity index (χ0n) is 20.1. The third-order valence-electron chi connectivity index (χ3n) is 6.22. The number of ether oxygens (including phenoxy) is 2. The minimum atomic E-state index is -0.978. The summed E-state index contributed by atoms with van der Waals surface area (Å²) in [5.41, 5.74) is 0. The summed E-state index contributed by atoms with van der Waals surface area (Å²) in [6.07, 6.45) is 22.3. The summed E-state index contributed by atoms with van der Waals surface area (Å²) in [6, 6.07) is 0. The summed E-state index contributed by atoms with van der Waals surface area (Å²) in [7, 11) is 0. The van der Waals surface area contributed by atoms with Crippen molar-refractivity contribution in [1.82, 2.24) is 0 Å². The van der Waals surface area contributed by atoms with Gasteiger partial charge in [-0.15, -0.1) is 0 Å². The van der Waals surface area contributed by atoms with E-state index in [1.165, 1.54) is 89.9 Å². The molecule has 5 nitrogen and oxygen atoms in total. The second-order valence-corrected chi connectivity index (χ2v) is 9.09. The second-order valence-electron chi connectivity index (χ2n) is 9.09. The van der Waals surface area contributed by atoms with Crippen molar-refractivity contribution in [2.75, 3.05) is 19.8 Å². The summed E-state index contributed by atoms with van der Waals surface area (Å²) < 4.78 is 11.0. The molecular weight excluding hydrogens is 392 g/mol. The van der Waals surface area contributed by atoms with E-state index in [2.05, 4.69) is 19.1 Å². The van der Waals surface area contributed by atoms with E-state index in [1.54, 1.807) is 0 Å². The molecule has 0 unspecified atom stereocenters. The van der Waals surface area contributed by atoms with Gasteiger partial charge in [0, 0.05) is 6.61 Å². The van der Waals surface area contributed by atoms with Crippen LogP contribution in [0.2, 0.25) is 0 Å². The molecule has 0 radical (unpaired) electrons. The largest absolute Gasteiger partial charge is 0.394 e. The van der Waals surface area contributed by atoms with Gasteiger partial charge in [0.15, 0.2) is 0 Å². The van der Waals surface area contributed by atoms with Crippen molar-refractivity contribution in [2.24, 2.45) is 0 Å². The van der Waals surface area contributed by atoms with Crippen LogP contribution in [0.3, 0.4) is 0 Å². The van der Waals surface area contributed by atoms with Gasteiger partial charge in [-0.05, 0) is 32.1 Å². The van der Waals surface area contributed by atoms with E-state index in [9.17, 15) is 15.3 Å². The molecule has 0 saturated carbocycles. The highest BCUT2D eigenvalue weighted by molar-refractivity contribution is 4.88. The Morgan fingerprint density at radius 1 is 0.806 bits per heavy atom. The lowest BCUT2D eigenvalue weighted by Crippen LogP contribution is -2.42. The van der Waals surface area contributed by atoms with Crippen LogP contribution in [0.25, 0.3) is 0 Å². The Labute approximate surface area is 191 Å². The average Bonchev–Trinajstić information content (AvgIpc) is 3.11. The molecule has 1 rings (SSSR count). The fraction of sp³-hybridized carbons (Fsp3) is 0.923. The van der Waals surface area contributed by atoms with Crippen molar-refractivity contribution in [2.45, 2.75) is 134 Å². The van der Waals surface area contributed by atoms with Gasteiger partial charge < -0.3 is 24.8 Å². The van der Waals surface area contributed by atoms with Crippen molar-refractivity contribution in [3.63, 3.8) is 0 Å². The lowest BCUT2D eigenvalue weighted by molar-refractivity contribution is -0.101. The van der Waals surface area contributed by atoms with E-state index in [4.69, 9.17) is 9.47 Å². The summed E-state index contributed by atoms with van der Waals surface area (Å²) in [5.74, 6) is 0. The van der Waals surface area contributed by atoms with Gasteiger partial charge in [0.25, 0.3) is 0 Å². The fourth-order valence-electron chi connectivity index (χ4n) is 4.14. The lowest BCUT2D eigenvalue weighted by atomic mass is 10.1. The highest BCUT2D eigenvalue weighted by Crippen LogP contribution is 2.20. The van der Waals surface area contributed by atoms with Gasteiger partial charge in [-0.1, -0.05) is 89.7 Å². The summed E-state index contributed by atoms with van der Waals surface area (Å²) in [4.78, 5) is 0. The molecule has 1 aliphatic heterocycles. The monoisotopic (exact) mass is 442 g/mol. The Balaban J connectivity index is 1.81. The van der Waals surface area contributed by atoms with E-state index >= 15 is 0 Å². The number of rotatable bonds is 21. The molecule has 0 aromatic heterocycles. The molecule has 1 heterocycles. The fourth-order valence-corrected chi connectivity index (χ4v) is 4.14. The first-order valence-corrected chi connectivity index (χ1v) is 13.1. The molecular formula is C26H50O5. The Morgan fingerprint density at radius 3 is 1.81 bits per heavy atom. The van der Waals surface area contributed by atoms with Gasteiger partial charge in [0.2, 0.25) is 0 Å². The van der Waals surface area contributed by atoms with Crippen LogP contribution in [-0.4, -0.2) is 59.6 Å². The number of unbranched alkanes of at least 4 members (excludes halogenated alkanes) is 14. The average molecular weight is 443 g/mol. The molecule has 1 fully saturated rings. The number of hydrogen-bond acceptors (Lipinski definition) is 5. The zero-order valence-corrected chi connectivity index (χ0v) is 20.1. The Kier molecular flexibility index (Phi) is 18.6. The molecule has 5 heteroatoms. The minimum absolute atomic E-state index is 0.0991. The van der Waals surface area contributed by atoms with Crippen LogP contribution in [-0.2, 0) is 9.47 Å². The van der Waals surface area contributed by atoms with Crippen molar-refractivity contribution >= 4 is 0 Å². The van der Waals surface area contributed by atoms with Crippen LogP contribution < -0.4 is 0 Å². The molecule has 184 valence electrons. The molecule has 0 spiro atoms. The third kappa shape index (κ3) is 14.3. The van der Waals surface area contributed by atoms with Crippen molar-refractivity contribution in [3.8, 4) is 0 Å². The van der Waals surface area contributed by atoms with Crippen LogP contribution in [0.15, 0.2) is 12.2 Å². The molecule has 31 heavy (non-hydrogen) atoms. The van der Waals surface area contributed by atoms with Gasteiger partial charge in [0.1, 0.15) is 24.4 Å². The zero-order chi connectivity index (χ0) is 22.6. The first kappa shape index (κ1) is 28.6. The maximum atomic E-state index is 9.85. The first-order chi connectivity index (χ1) is 15.2. The molecule has 3 N–H and O–H groups in total. The highest BCUT2D eigenvalue weighted by Gasteiger charge is 2.40. The standard InChI is InChI=1S/C26H50O5/c1-2-3-4-5-6-7-8-9-10-11-12-13-14-15-16-17-18-19-20-30-24(21-27)26-25(29)23(28)22-31-26/h7-8,23-29H,2-6,9-22H2,1H3/b8-7+/t23-,24+,25-,26-/m0/s1. The molecule has 0 aromatic rings. The second kappa shape index (κ2) is 20.2. The van der Waals surface area contributed by atoms with Crippen LogP contribution in [0.1, 0.15) is 110 Å². The molecule has 0 amide bonds. The van der Waals surface area contributed by atoms with Gasteiger partial charge in [-0.25, -0.2) is 0 Å². The molecule has 4 atom stereocenters. The number of hydrogen-bond donors (Lipinski definition) is 3. The molecule has 1 saturated heterocycles. The van der Waals surface area contributed by atoms with E-state index in [0.29, 0.717) is 6.61 Å². The van der Waals surface area contributed by atoms with Gasteiger partial charge >= 0.3 is 0 Å². The van der Waals surface area contributed by atoms with Crippen molar-refractivity contribution in [3.05, 3.63) is 12.2 Å².